The smallest absolute Gasteiger partial charge is 0.338 e. The molecule has 4 nitrogen and oxygen atoms in total. The molecule has 0 N–H and O–H groups in total. The fourth-order valence-electron chi connectivity index (χ4n) is 2.66. The maximum Gasteiger partial charge on any atom is 0.338 e. The van der Waals surface area contributed by atoms with Gasteiger partial charge in [-0.15, -0.1) is 0 Å². The number of unbranched alkanes of at least 4 members (excludes halogenated alkanes) is 6. The van der Waals surface area contributed by atoms with Gasteiger partial charge in [0.1, 0.15) is 0 Å². The molecular formula is C23H34O4. The molecule has 150 valence electrons. The number of carbonyl (C=O) groups excluding carboxylic acids is 2. The number of carbonyl (C=O) groups is 2. The lowest BCUT2D eigenvalue weighted by Crippen LogP contribution is -2.08. The third-order valence-corrected chi connectivity index (χ3v) is 4.36. The molecule has 0 radical (unpaired) electrons. The molecule has 0 spiro atoms. The Bertz CT molecular complexity index is 575. The lowest BCUT2D eigenvalue weighted by molar-refractivity contribution is -0.139. The van der Waals surface area contributed by atoms with E-state index in [2.05, 4.69) is 13.5 Å². The third-order valence-electron chi connectivity index (χ3n) is 4.36. The van der Waals surface area contributed by atoms with E-state index in [1.165, 1.54) is 37.7 Å². The molecule has 0 bridgehead atoms. The minimum absolute atomic E-state index is 0.279. The van der Waals surface area contributed by atoms with Crippen molar-refractivity contribution in [3.05, 3.63) is 47.5 Å². The predicted molar refractivity (Wildman–Crippen MR) is 109 cm³/mol. The highest BCUT2D eigenvalue weighted by Gasteiger charge is 2.07. The minimum atomic E-state index is -0.356. The Morgan fingerprint density at radius 1 is 0.852 bits per heavy atom. The van der Waals surface area contributed by atoms with Crippen LogP contribution in [0.25, 0.3) is 0 Å². The van der Waals surface area contributed by atoms with Gasteiger partial charge in [-0.2, -0.15) is 0 Å². The van der Waals surface area contributed by atoms with Gasteiger partial charge in [0.2, 0.25) is 0 Å². The molecule has 4 heteroatoms. The Kier molecular flexibility index (Phi) is 11.9. The Morgan fingerprint density at radius 3 is 2.07 bits per heavy atom. The molecule has 1 aromatic carbocycles. The summed E-state index contributed by atoms with van der Waals surface area (Å²) in [5.74, 6) is -0.635. The van der Waals surface area contributed by atoms with Crippen molar-refractivity contribution in [2.75, 3.05) is 13.2 Å². The van der Waals surface area contributed by atoms with Crippen LogP contribution in [0.1, 0.15) is 81.1 Å². The molecule has 0 saturated heterocycles. The average molecular weight is 375 g/mol. The molecule has 1 rings (SSSR count). The van der Waals surface area contributed by atoms with E-state index in [0.29, 0.717) is 24.4 Å². The SMILES string of the molecule is C=C(C)C(=O)OCCCCCOC(=O)c1ccc(CCCCCCC)cc1. The zero-order valence-corrected chi connectivity index (χ0v) is 16.9. The van der Waals surface area contributed by atoms with Crippen molar-refractivity contribution < 1.29 is 19.1 Å². The lowest BCUT2D eigenvalue weighted by atomic mass is 10.0. The van der Waals surface area contributed by atoms with E-state index >= 15 is 0 Å². The van der Waals surface area contributed by atoms with E-state index in [9.17, 15) is 9.59 Å². The Hall–Kier alpha value is -2.10. The number of ether oxygens (including phenoxy) is 2. The standard InChI is InChI=1S/C23H34O4/c1-4-5-6-7-9-12-20-13-15-21(16-14-20)23(25)27-18-11-8-10-17-26-22(24)19(2)3/h13-16H,2,4-12,17-18H2,1,3H3. The molecule has 0 aliphatic rings. The summed E-state index contributed by atoms with van der Waals surface area (Å²) in [5.41, 5.74) is 2.28. The van der Waals surface area contributed by atoms with Gasteiger partial charge in [-0.05, 0) is 56.7 Å². The van der Waals surface area contributed by atoms with Crippen molar-refractivity contribution in [2.45, 2.75) is 71.6 Å². The highest BCUT2D eigenvalue weighted by Crippen LogP contribution is 2.11. The topological polar surface area (TPSA) is 52.6 Å². The van der Waals surface area contributed by atoms with Gasteiger partial charge in [-0.3, -0.25) is 0 Å². The minimum Gasteiger partial charge on any atom is -0.462 e. The van der Waals surface area contributed by atoms with Crippen molar-refractivity contribution >= 4 is 11.9 Å². The molecule has 0 heterocycles. The largest absolute Gasteiger partial charge is 0.462 e. The Labute approximate surface area is 163 Å². The van der Waals surface area contributed by atoms with Crippen LogP contribution in [0.5, 0.6) is 0 Å². The lowest BCUT2D eigenvalue weighted by Gasteiger charge is -2.07. The summed E-state index contributed by atoms with van der Waals surface area (Å²) in [6.07, 6.45) is 9.76. The van der Waals surface area contributed by atoms with Gasteiger partial charge < -0.3 is 9.47 Å². The van der Waals surface area contributed by atoms with Crippen LogP contribution >= 0.6 is 0 Å². The van der Waals surface area contributed by atoms with E-state index in [0.717, 1.165) is 25.7 Å². The van der Waals surface area contributed by atoms with Gasteiger partial charge in [0, 0.05) is 5.57 Å². The van der Waals surface area contributed by atoms with Crippen molar-refractivity contribution in [2.24, 2.45) is 0 Å². The van der Waals surface area contributed by atoms with E-state index < -0.39 is 0 Å². The van der Waals surface area contributed by atoms with Gasteiger partial charge >= 0.3 is 11.9 Å². The van der Waals surface area contributed by atoms with Crippen LogP contribution in [0.15, 0.2) is 36.4 Å². The number of hydrogen-bond acceptors (Lipinski definition) is 4. The van der Waals surface area contributed by atoms with Crippen LogP contribution in [-0.2, 0) is 20.7 Å². The summed E-state index contributed by atoms with van der Waals surface area (Å²) in [7, 11) is 0. The maximum absolute atomic E-state index is 12.0. The van der Waals surface area contributed by atoms with Crippen LogP contribution in [0.3, 0.4) is 0 Å². The first-order chi connectivity index (χ1) is 13.0. The Morgan fingerprint density at radius 2 is 1.44 bits per heavy atom. The molecule has 1 aromatic rings. The normalized spacial score (nSPS) is 10.4. The quantitative estimate of drug-likeness (QED) is 0.240. The Balaban J connectivity index is 2.14. The number of esters is 2. The van der Waals surface area contributed by atoms with Crippen LogP contribution in [-0.4, -0.2) is 25.2 Å². The fourth-order valence-corrected chi connectivity index (χ4v) is 2.66. The molecule has 0 saturated carbocycles. The van der Waals surface area contributed by atoms with E-state index in [1.807, 2.05) is 24.3 Å². The second kappa shape index (κ2) is 14.0. The first-order valence-corrected chi connectivity index (χ1v) is 10.1. The molecule has 0 unspecified atom stereocenters. The summed E-state index contributed by atoms with van der Waals surface area (Å²) in [6, 6.07) is 7.74. The van der Waals surface area contributed by atoms with Crippen LogP contribution in [0.4, 0.5) is 0 Å². The van der Waals surface area contributed by atoms with Crippen molar-refractivity contribution in [3.63, 3.8) is 0 Å². The number of rotatable bonds is 14. The maximum atomic E-state index is 12.0. The van der Waals surface area contributed by atoms with Gasteiger partial charge in [0.05, 0.1) is 18.8 Å². The number of aryl methyl sites for hydroxylation is 1. The molecule has 0 aromatic heterocycles. The first-order valence-electron chi connectivity index (χ1n) is 10.1. The van der Waals surface area contributed by atoms with Crippen molar-refractivity contribution in [1.29, 1.82) is 0 Å². The van der Waals surface area contributed by atoms with E-state index in [-0.39, 0.29) is 11.9 Å². The molecule has 0 aliphatic carbocycles. The van der Waals surface area contributed by atoms with Crippen molar-refractivity contribution in [3.8, 4) is 0 Å². The van der Waals surface area contributed by atoms with Gasteiger partial charge in [-0.1, -0.05) is 51.3 Å². The third kappa shape index (κ3) is 10.6. The highest BCUT2D eigenvalue weighted by molar-refractivity contribution is 5.89. The predicted octanol–water partition coefficient (Wildman–Crippen LogP) is 5.65. The van der Waals surface area contributed by atoms with Crippen LogP contribution < -0.4 is 0 Å². The zero-order chi connectivity index (χ0) is 19.9. The molecule has 0 atom stereocenters. The van der Waals surface area contributed by atoms with Gasteiger partial charge in [0.15, 0.2) is 0 Å². The van der Waals surface area contributed by atoms with Crippen LogP contribution in [0.2, 0.25) is 0 Å². The first kappa shape index (κ1) is 22.9. The summed E-state index contributed by atoms with van der Waals surface area (Å²) in [6.45, 7) is 8.13. The highest BCUT2D eigenvalue weighted by atomic mass is 16.5. The summed E-state index contributed by atoms with van der Waals surface area (Å²) in [5, 5.41) is 0. The summed E-state index contributed by atoms with van der Waals surface area (Å²) < 4.78 is 10.3. The van der Waals surface area contributed by atoms with E-state index in [4.69, 9.17) is 9.47 Å². The van der Waals surface area contributed by atoms with E-state index in [1.54, 1.807) is 6.92 Å². The monoisotopic (exact) mass is 374 g/mol. The molecule has 0 amide bonds. The number of hydrogen-bond donors (Lipinski definition) is 0. The fraction of sp³-hybridized carbons (Fsp3) is 0.565. The zero-order valence-electron chi connectivity index (χ0n) is 16.9. The second-order valence-corrected chi connectivity index (χ2v) is 6.97. The molecule has 0 aliphatic heterocycles. The molecule has 27 heavy (non-hydrogen) atoms. The van der Waals surface area contributed by atoms with Gasteiger partial charge in [0.25, 0.3) is 0 Å². The second-order valence-electron chi connectivity index (χ2n) is 6.97. The summed E-state index contributed by atoms with van der Waals surface area (Å²) >= 11 is 0. The molecule has 0 fully saturated rings. The molecular weight excluding hydrogens is 340 g/mol. The number of benzene rings is 1. The van der Waals surface area contributed by atoms with Crippen molar-refractivity contribution in [1.82, 2.24) is 0 Å². The average Bonchev–Trinajstić information content (AvgIpc) is 2.67. The van der Waals surface area contributed by atoms with Gasteiger partial charge in [-0.25, -0.2) is 9.59 Å². The van der Waals surface area contributed by atoms with Crippen LogP contribution in [0, 0.1) is 0 Å². The summed E-state index contributed by atoms with van der Waals surface area (Å²) in [4.78, 5) is 23.3.